The van der Waals surface area contributed by atoms with E-state index in [1.165, 1.54) is 13.3 Å². The first-order valence-corrected chi connectivity index (χ1v) is 3.54. The molecular weight excluding hydrogens is 177 g/mol. The van der Waals surface area contributed by atoms with Crippen LogP contribution in [0.2, 0.25) is 0 Å². The normalized spacial score (nSPS) is 9.69. The number of halogens is 1. The van der Waals surface area contributed by atoms with Gasteiger partial charge in [0.25, 0.3) is 0 Å². The minimum Gasteiger partial charge on any atom is -0.504 e. The first-order valence-electron chi connectivity index (χ1n) is 3.54. The Bertz CT molecular complexity index is 327. The summed E-state index contributed by atoms with van der Waals surface area (Å²) < 4.78 is 17.0. The van der Waals surface area contributed by atoms with E-state index in [0.717, 1.165) is 6.07 Å². The summed E-state index contributed by atoms with van der Waals surface area (Å²) in [6, 6.07) is 1.01. The summed E-state index contributed by atoms with van der Waals surface area (Å²) in [6.07, 6.45) is 0.938. The quantitative estimate of drug-likeness (QED) is 0.687. The molecule has 0 saturated carbocycles. The minimum absolute atomic E-state index is 0.0214. The van der Waals surface area contributed by atoms with Crippen LogP contribution in [0.3, 0.4) is 0 Å². The lowest BCUT2D eigenvalue weighted by atomic mass is 10.2. The van der Waals surface area contributed by atoms with Crippen LogP contribution in [0.4, 0.5) is 4.39 Å². The summed E-state index contributed by atoms with van der Waals surface area (Å²) in [4.78, 5) is 14.4. The molecule has 0 radical (unpaired) electrons. The minimum atomic E-state index is -0.797. The van der Waals surface area contributed by atoms with E-state index < -0.39 is 17.5 Å². The second kappa shape index (κ2) is 3.84. The van der Waals surface area contributed by atoms with E-state index in [4.69, 9.17) is 5.11 Å². The lowest BCUT2D eigenvalue weighted by Crippen LogP contribution is -2.06. The molecule has 0 atom stereocenters. The van der Waals surface area contributed by atoms with Crippen LogP contribution >= 0.6 is 0 Å². The van der Waals surface area contributed by atoms with Gasteiger partial charge >= 0.3 is 5.97 Å². The first kappa shape index (κ1) is 9.44. The largest absolute Gasteiger partial charge is 0.504 e. The van der Waals surface area contributed by atoms with Crippen molar-refractivity contribution in [3.63, 3.8) is 0 Å². The number of rotatable bonds is 2. The first-order chi connectivity index (χ1) is 6.15. The number of methoxy groups -OCH3 is 1. The van der Waals surface area contributed by atoms with Crippen molar-refractivity contribution in [2.45, 2.75) is 6.42 Å². The molecule has 0 unspecified atom stereocenters. The average Bonchev–Trinajstić information content (AvgIpc) is 2.13. The molecule has 1 aromatic rings. The lowest BCUT2D eigenvalue weighted by Gasteiger charge is -2.01. The number of ether oxygens (including phenoxy) is 1. The fourth-order valence-corrected chi connectivity index (χ4v) is 0.809. The maximum Gasteiger partial charge on any atom is 0.311 e. The standard InChI is InChI=1S/C8H8FNO3/c1-13-7(11)4-6-8(12)5(9)2-3-10-6/h2-3,12H,4H2,1H3. The molecule has 0 bridgehead atoms. The predicted molar refractivity (Wildman–Crippen MR) is 41.6 cm³/mol. The van der Waals surface area contributed by atoms with Crippen molar-refractivity contribution in [3.05, 3.63) is 23.8 Å². The number of pyridine rings is 1. The Balaban J connectivity index is 2.89. The number of carbonyl (C=O) groups excluding carboxylic acids is 1. The van der Waals surface area contributed by atoms with Crippen molar-refractivity contribution in [1.29, 1.82) is 0 Å². The van der Waals surface area contributed by atoms with Crippen molar-refractivity contribution in [2.75, 3.05) is 7.11 Å². The topological polar surface area (TPSA) is 59.4 Å². The molecule has 0 aliphatic rings. The molecule has 5 heteroatoms. The van der Waals surface area contributed by atoms with Gasteiger partial charge in [0.05, 0.1) is 19.2 Å². The SMILES string of the molecule is COC(=O)Cc1nccc(F)c1O. The molecular formula is C8H8FNO3. The summed E-state index contributed by atoms with van der Waals surface area (Å²) in [5.74, 6) is -1.98. The van der Waals surface area contributed by atoms with Gasteiger partial charge in [0, 0.05) is 6.20 Å². The van der Waals surface area contributed by atoms with Gasteiger partial charge in [0.1, 0.15) is 0 Å². The Hall–Kier alpha value is -1.65. The fraction of sp³-hybridized carbons (Fsp3) is 0.250. The number of aromatic hydroxyl groups is 1. The highest BCUT2D eigenvalue weighted by molar-refractivity contribution is 5.72. The highest BCUT2D eigenvalue weighted by Gasteiger charge is 2.11. The van der Waals surface area contributed by atoms with E-state index >= 15 is 0 Å². The van der Waals surface area contributed by atoms with Gasteiger partial charge in [-0.15, -0.1) is 0 Å². The maximum absolute atomic E-state index is 12.7. The van der Waals surface area contributed by atoms with Crippen molar-refractivity contribution in [2.24, 2.45) is 0 Å². The summed E-state index contributed by atoms with van der Waals surface area (Å²) in [5.41, 5.74) is -0.0214. The highest BCUT2D eigenvalue weighted by atomic mass is 19.1. The van der Waals surface area contributed by atoms with Gasteiger partial charge in [-0.25, -0.2) is 4.39 Å². The Morgan fingerprint density at radius 2 is 2.46 bits per heavy atom. The zero-order chi connectivity index (χ0) is 9.84. The molecule has 0 amide bonds. The molecule has 0 fully saturated rings. The van der Waals surface area contributed by atoms with Gasteiger partial charge < -0.3 is 9.84 Å². The van der Waals surface area contributed by atoms with Gasteiger partial charge in [-0.2, -0.15) is 0 Å². The Morgan fingerprint density at radius 1 is 1.77 bits per heavy atom. The molecule has 0 aromatic carbocycles. The van der Waals surface area contributed by atoms with Crippen molar-refractivity contribution >= 4 is 5.97 Å². The van der Waals surface area contributed by atoms with Crippen LogP contribution in [0.5, 0.6) is 5.75 Å². The van der Waals surface area contributed by atoms with Crippen LogP contribution in [-0.4, -0.2) is 23.2 Å². The van der Waals surface area contributed by atoms with E-state index in [9.17, 15) is 9.18 Å². The molecule has 1 aromatic heterocycles. The number of aromatic nitrogens is 1. The number of esters is 1. The molecule has 4 nitrogen and oxygen atoms in total. The van der Waals surface area contributed by atoms with Crippen molar-refractivity contribution in [1.82, 2.24) is 4.98 Å². The van der Waals surface area contributed by atoms with E-state index in [1.54, 1.807) is 0 Å². The molecule has 1 heterocycles. The summed E-state index contributed by atoms with van der Waals surface area (Å²) in [7, 11) is 1.21. The second-order valence-corrected chi connectivity index (χ2v) is 2.34. The maximum atomic E-state index is 12.7. The van der Waals surface area contributed by atoms with E-state index in [2.05, 4.69) is 9.72 Å². The Kier molecular flexibility index (Phi) is 2.79. The van der Waals surface area contributed by atoms with Crippen molar-refractivity contribution < 1.29 is 19.0 Å². The smallest absolute Gasteiger partial charge is 0.311 e. The van der Waals surface area contributed by atoms with Crippen LogP contribution in [-0.2, 0) is 16.0 Å². The van der Waals surface area contributed by atoms with Gasteiger partial charge in [0.2, 0.25) is 0 Å². The third-order valence-corrected chi connectivity index (χ3v) is 1.49. The number of hydrogen-bond donors (Lipinski definition) is 1. The Labute approximate surface area is 74.0 Å². The van der Waals surface area contributed by atoms with Crippen LogP contribution in [0.25, 0.3) is 0 Å². The number of nitrogens with zero attached hydrogens (tertiary/aromatic N) is 1. The lowest BCUT2D eigenvalue weighted by molar-refractivity contribution is -0.139. The number of hydrogen-bond acceptors (Lipinski definition) is 4. The zero-order valence-corrected chi connectivity index (χ0v) is 6.95. The molecule has 0 spiro atoms. The zero-order valence-electron chi connectivity index (χ0n) is 6.95. The van der Waals surface area contributed by atoms with Crippen LogP contribution in [0.15, 0.2) is 12.3 Å². The van der Waals surface area contributed by atoms with Gasteiger partial charge in [-0.3, -0.25) is 9.78 Å². The van der Waals surface area contributed by atoms with Crippen LogP contribution < -0.4 is 0 Å². The van der Waals surface area contributed by atoms with Gasteiger partial charge in [0.15, 0.2) is 11.6 Å². The molecule has 13 heavy (non-hydrogen) atoms. The van der Waals surface area contributed by atoms with E-state index in [1.807, 2.05) is 0 Å². The fourth-order valence-electron chi connectivity index (χ4n) is 0.809. The monoisotopic (exact) mass is 185 g/mol. The second-order valence-electron chi connectivity index (χ2n) is 2.34. The Morgan fingerprint density at radius 3 is 3.08 bits per heavy atom. The molecule has 1 N–H and O–H groups in total. The van der Waals surface area contributed by atoms with E-state index in [-0.39, 0.29) is 12.1 Å². The van der Waals surface area contributed by atoms with Crippen LogP contribution in [0.1, 0.15) is 5.69 Å². The molecule has 0 aliphatic heterocycles. The summed E-state index contributed by atoms with van der Waals surface area (Å²) >= 11 is 0. The van der Waals surface area contributed by atoms with Gasteiger partial charge in [-0.1, -0.05) is 0 Å². The molecule has 0 saturated heterocycles. The molecule has 0 aliphatic carbocycles. The molecule has 1 rings (SSSR count). The highest BCUT2D eigenvalue weighted by Crippen LogP contribution is 2.18. The number of carbonyl (C=O) groups is 1. The van der Waals surface area contributed by atoms with Crippen LogP contribution in [0, 0.1) is 5.82 Å². The predicted octanol–water partition coefficient (Wildman–Crippen LogP) is 0.642. The van der Waals surface area contributed by atoms with E-state index in [0.29, 0.717) is 0 Å². The van der Waals surface area contributed by atoms with Gasteiger partial charge in [-0.05, 0) is 6.07 Å². The summed E-state index contributed by atoms with van der Waals surface area (Å²) in [6.45, 7) is 0. The third-order valence-electron chi connectivity index (χ3n) is 1.49. The molecule has 70 valence electrons. The average molecular weight is 185 g/mol. The summed E-state index contributed by atoms with van der Waals surface area (Å²) in [5, 5.41) is 9.10. The van der Waals surface area contributed by atoms with Crippen molar-refractivity contribution in [3.8, 4) is 5.75 Å². The third kappa shape index (κ3) is 2.14.